The molecular formula is C22H15ClF4N2O2S. The molecule has 0 radical (unpaired) electrons. The minimum absolute atomic E-state index is 0.0573. The number of hydrogen-bond acceptors (Lipinski definition) is 3. The Balaban J connectivity index is 1.57. The van der Waals surface area contributed by atoms with Crippen molar-refractivity contribution >= 4 is 46.6 Å². The van der Waals surface area contributed by atoms with E-state index in [4.69, 9.17) is 11.6 Å². The van der Waals surface area contributed by atoms with Crippen LogP contribution in [0.1, 0.15) is 5.56 Å². The van der Waals surface area contributed by atoms with Gasteiger partial charge >= 0.3 is 0 Å². The first-order valence-corrected chi connectivity index (χ1v) is 10.5. The number of rotatable bonds is 7. The maximum absolute atomic E-state index is 13.7. The summed E-state index contributed by atoms with van der Waals surface area (Å²) in [7, 11) is 0. The Bertz CT molecular complexity index is 1130. The molecule has 32 heavy (non-hydrogen) atoms. The first-order valence-electron chi connectivity index (χ1n) is 9.13. The van der Waals surface area contributed by atoms with Crippen LogP contribution in [0.5, 0.6) is 0 Å². The van der Waals surface area contributed by atoms with E-state index in [0.717, 1.165) is 17.3 Å². The predicted octanol–water partition coefficient (Wildman–Crippen LogP) is 5.81. The molecule has 0 unspecified atom stereocenters. The molecular weight excluding hydrogens is 468 g/mol. The number of amides is 2. The molecule has 10 heteroatoms. The number of benzene rings is 3. The Labute approximate surface area is 190 Å². The van der Waals surface area contributed by atoms with Crippen LogP contribution < -0.4 is 10.6 Å². The van der Waals surface area contributed by atoms with Gasteiger partial charge in [-0.3, -0.25) is 9.59 Å². The van der Waals surface area contributed by atoms with E-state index < -0.39 is 34.9 Å². The summed E-state index contributed by atoms with van der Waals surface area (Å²) in [6.45, 7) is 0. The molecule has 0 aliphatic carbocycles. The summed E-state index contributed by atoms with van der Waals surface area (Å²) in [5.74, 6) is -8.02. The molecule has 0 saturated heterocycles. The molecule has 4 nitrogen and oxygen atoms in total. The summed E-state index contributed by atoms with van der Waals surface area (Å²) in [6.07, 6.45) is 0.137. The fourth-order valence-corrected chi connectivity index (χ4v) is 3.54. The van der Waals surface area contributed by atoms with Crippen LogP contribution in [0.2, 0.25) is 5.02 Å². The number of carbonyl (C=O) groups excluding carboxylic acids is 2. The lowest BCUT2D eigenvalue weighted by atomic mass is 10.1. The van der Waals surface area contributed by atoms with E-state index in [9.17, 15) is 27.2 Å². The van der Waals surface area contributed by atoms with Crippen LogP contribution in [-0.2, 0) is 16.0 Å². The van der Waals surface area contributed by atoms with Crippen molar-refractivity contribution in [2.45, 2.75) is 11.3 Å². The number of nitrogens with one attached hydrogen (secondary N) is 2. The lowest BCUT2D eigenvalue weighted by molar-refractivity contribution is -0.115. The highest BCUT2D eigenvalue weighted by Gasteiger charge is 2.21. The zero-order valence-corrected chi connectivity index (χ0v) is 17.8. The molecule has 0 aromatic heterocycles. The topological polar surface area (TPSA) is 58.2 Å². The summed E-state index contributed by atoms with van der Waals surface area (Å²) in [5.41, 5.74) is 0.0809. The normalized spacial score (nSPS) is 10.7. The molecule has 0 atom stereocenters. The van der Waals surface area contributed by atoms with Crippen LogP contribution in [0.3, 0.4) is 0 Å². The predicted molar refractivity (Wildman–Crippen MR) is 116 cm³/mol. The van der Waals surface area contributed by atoms with Gasteiger partial charge in [-0.2, -0.15) is 0 Å². The van der Waals surface area contributed by atoms with Gasteiger partial charge in [0.1, 0.15) is 5.69 Å². The van der Waals surface area contributed by atoms with Crippen molar-refractivity contribution in [1.29, 1.82) is 0 Å². The van der Waals surface area contributed by atoms with E-state index in [1.807, 2.05) is 5.32 Å². The van der Waals surface area contributed by atoms with Crippen molar-refractivity contribution in [3.05, 3.63) is 88.5 Å². The number of thioether (sulfide) groups is 1. The Morgan fingerprint density at radius 2 is 1.50 bits per heavy atom. The summed E-state index contributed by atoms with van der Waals surface area (Å²) in [4.78, 5) is 24.8. The van der Waals surface area contributed by atoms with E-state index in [0.29, 0.717) is 15.6 Å². The van der Waals surface area contributed by atoms with E-state index in [2.05, 4.69) is 5.32 Å². The maximum Gasteiger partial charge on any atom is 0.234 e. The minimum Gasteiger partial charge on any atom is -0.326 e. The highest BCUT2D eigenvalue weighted by Crippen LogP contribution is 2.26. The van der Waals surface area contributed by atoms with Gasteiger partial charge in [-0.05, 0) is 35.9 Å². The molecule has 0 bridgehead atoms. The van der Waals surface area contributed by atoms with Crippen molar-refractivity contribution in [1.82, 2.24) is 0 Å². The van der Waals surface area contributed by atoms with E-state index in [1.165, 1.54) is 0 Å². The van der Waals surface area contributed by atoms with E-state index in [1.54, 1.807) is 48.5 Å². The fraction of sp³-hybridized carbons (Fsp3) is 0.0909. The molecule has 2 amide bonds. The van der Waals surface area contributed by atoms with Crippen LogP contribution in [0.25, 0.3) is 0 Å². The van der Waals surface area contributed by atoms with Crippen molar-refractivity contribution in [2.24, 2.45) is 0 Å². The smallest absolute Gasteiger partial charge is 0.234 e. The first kappa shape index (κ1) is 23.6. The largest absolute Gasteiger partial charge is 0.326 e. The molecule has 3 rings (SSSR count). The summed E-state index contributed by atoms with van der Waals surface area (Å²) >= 11 is 6.82. The van der Waals surface area contributed by atoms with Gasteiger partial charge in [0.05, 0.1) is 12.2 Å². The Morgan fingerprint density at radius 1 is 0.844 bits per heavy atom. The number of anilines is 2. The van der Waals surface area contributed by atoms with Gasteiger partial charge in [-0.25, -0.2) is 17.6 Å². The highest BCUT2D eigenvalue weighted by molar-refractivity contribution is 8.00. The molecule has 0 fully saturated rings. The third-order valence-corrected chi connectivity index (χ3v) is 5.39. The van der Waals surface area contributed by atoms with Crippen LogP contribution >= 0.6 is 23.4 Å². The number of halogens is 5. The van der Waals surface area contributed by atoms with E-state index in [-0.39, 0.29) is 24.1 Å². The highest BCUT2D eigenvalue weighted by atomic mass is 35.5. The third-order valence-electron chi connectivity index (χ3n) is 4.14. The molecule has 3 aromatic carbocycles. The monoisotopic (exact) mass is 482 g/mol. The average molecular weight is 483 g/mol. The summed E-state index contributed by atoms with van der Waals surface area (Å²) in [5, 5.41) is 5.14. The lowest BCUT2D eigenvalue weighted by Gasteiger charge is -2.10. The Hall–Kier alpha value is -3.04. The van der Waals surface area contributed by atoms with Crippen LogP contribution in [0.4, 0.5) is 28.9 Å². The second-order valence-corrected chi connectivity index (χ2v) is 8.04. The Morgan fingerprint density at radius 3 is 2.16 bits per heavy atom. The second-order valence-electron chi connectivity index (χ2n) is 6.56. The van der Waals surface area contributed by atoms with Gasteiger partial charge in [0, 0.05) is 21.7 Å². The van der Waals surface area contributed by atoms with Gasteiger partial charge in [-0.1, -0.05) is 29.8 Å². The molecule has 0 aliphatic heterocycles. The molecule has 0 spiro atoms. The van der Waals surface area contributed by atoms with Gasteiger partial charge in [-0.15, -0.1) is 11.8 Å². The lowest BCUT2D eigenvalue weighted by Crippen LogP contribution is -2.17. The number of carbonyl (C=O) groups is 2. The average Bonchev–Trinajstić information content (AvgIpc) is 2.76. The van der Waals surface area contributed by atoms with Gasteiger partial charge in [0.15, 0.2) is 23.3 Å². The van der Waals surface area contributed by atoms with E-state index >= 15 is 0 Å². The van der Waals surface area contributed by atoms with Gasteiger partial charge in [0.25, 0.3) is 0 Å². The van der Waals surface area contributed by atoms with Gasteiger partial charge in [0.2, 0.25) is 11.8 Å². The van der Waals surface area contributed by atoms with Crippen molar-refractivity contribution < 1.29 is 27.2 Å². The zero-order valence-electron chi connectivity index (χ0n) is 16.2. The van der Waals surface area contributed by atoms with Crippen molar-refractivity contribution in [3.8, 4) is 0 Å². The molecule has 0 aliphatic rings. The fourth-order valence-electron chi connectivity index (χ4n) is 2.66. The first-order chi connectivity index (χ1) is 15.2. The SMILES string of the molecule is O=C(Cc1ccc(Cl)cc1)Nc1cccc(SCC(=O)Nc2c(F)c(F)cc(F)c2F)c1. The maximum atomic E-state index is 13.7. The van der Waals surface area contributed by atoms with Gasteiger partial charge < -0.3 is 10.6 Å². The summed E-state index contributed by atoms with van der Waals surface area (Å²) in [6, 6.07) is 13.5. The quantitative estimate of drug-likeness (QED) is 0.254. The summed E-state index contributed by atoms with van der Waals surface area (Å²) < 4.78 is 53.8. The molecule has 0 heterocycles. The molecule has 2 N–H and O–H groups in total. The Kier molecular flexibility index (Phi) is 7.76. The van der Waals surface area contributed by atoms with Crippen molar-refractivity contribution in [3.63, 3.8) is 0 Å². The molecule has 166 valence electrons. The third kappa shape index (κ3) is 6.24. The second kappa shape index (κ2) is 10.5. The van der Waals surface area contributed by atoms with Crippen LogP contribution in [0.15, 0.2) is 59.5 Å². The van der Waals surface area contributed by atoms with Crippen molar-refractivity contribution in [2.75, 3.05) is 16.4 Å². The van der Waals surface area contributed by atoms with Crippen LogP contribution in [-0.4, -0.2) is 17.6 Å². The molecule has 0 saturated carbocycles. The standard InChI is InChI=1S/C22H15ClF4N2O2S/c23-13-6-4-12(5-7-13)8-18(30)28-14-2-1-3-15(9-14)32-11-19(31)29-22-20(26)16(24)10-17(25)21(22)27/h1-7,9-10H,8,11H2,(H,28,30)(H,29,31). The number of hydrogen-bond donors (Lipinski definition) is 2. The molecule has 3 aromatic rings. The van der Waals surface area contributed by atoms with Crippen LogP contribution in [0, 0.1) is 23.3 Å². The zero-order chi connectivity index (χ0) is 23.3. The minimum atomic E-state index is -1.69.